The number of ketones is 1. The van der Waals surface area contributed by atoms with Crippen LogP contribution in [0.1, 0.15) is 44.1 Å². The molecule has 0 saturated heterocycles. The summed E-state index contributed by atoms with van der Waals surface area (Å²) in [7, 11) is 0. The maximum absolute atomic E-state index is 12.1. The van der Waals surface area contributed by atoms with E-state index >= 15 is 0 Å². The highest BCUT2D eigenvalue weighted by Crippen LogP contribution is 2.29. The molecule has 1 aliphatic carbocycles. The predicted molar refractivity (Wildman–Crippen MR) is 72.0 cm³/mol. The molecular formula is C14H21N3O. The van der Waals surface area contributed by atoms with E-state index in [-0.39, 0.29) is 11.3 Å². The van der Waals surface area contributed by atoms with Crippen molar-refractivity contribution in [2.45, 2.75) is 50.5 Å². The molecule has 2 rings (SSSR count). The van der Waals surface area contributed by atoms with Crippen molar-refractivity contribution in [2.75, 3.05) is 5.73 Å². The zero-order valence-electron chi connectivity index (χ0n) is 10.7. The van der Waals surface area contributed by atoms with Crippen LogP contribution in [0.5, 0.6) is 0 Å². The van der Waals surface area contributed by atoms with Crippen LogP contribution in [0.2, 0.25) is 0 Å². The number of carbonyl (C=O) groups is 1. The van der Waals surface area contributed by atoms with Crippen molar-refractivity contribution in [3.8, 4) is 0 Å². The topological polar surface area (TPSA) is 82.0 Å². The third-order valence-corrected chi connectivity index (χ3v) is 3.65. The summed E-state index contributed by atoms with van der Waals surface area (Å²) in [5, 5.41) is 0. The highest BCUT2D eigenvalue weighted by molar-refractivity contribution is 5.82. The van der Waals surface area contributed by atoms with Crippen LogP contribution in [0, 0.1) is 0 Å². The summed E-state index contributed by atoms with van der Waals surface area (Å²) in [4.78, 5) is 16.0. The van der Waals surface area contributed by atoms with Crippen LogP contribution in [0.4, 0.5) is 5.82 Å². The monoisotopic (exact) mass is 247 g/mol. The minimum absolute atomic E-state index is 0.199. The van der Waals surface area contributed by atoms with Gasteiger partial charge in [0.15, 0.2) is 0 Å². The average molecular weight is 247 g/mol. The standard InChI is InChI=1S/C14H21N3O/c15-13-9-11(4-7-17-13)8-12(18)10-14(16)5-2-1-3-6-14/h4,7,9H,1-3,5-6,8,10,16H2,(H2,15,17). The van der Waals surface area contributed by atoms with Gasteiger partial charge >= 0.3 is 0 Å². The van der Waals surface area contributed by atoms with Crippen molar-refractivity contribution >= 4 is 11.6 Å². The summed E-state index contributed by atoms with van der Waals surface area (Å²) in [6, 6.07) is 3.58. The third-order valence-electron chi connectivity index (χ3n) is 3.65. The van der Waals surface area contributed by atoms with Gasteiger partial charge in [-0.25, -0.2) is 4.98 Å². The number of Topliss-reactive ketones (excluding diaryl/α,β-unsaturated/α-hetero) is 1. The van der Waals surface area contributed by atoms with E-state index in [9.17, 15) is 4.79 Å². The number of aromatic nitrogens is 1. The fourth-order valence-corrected chi connectivity index (χ4v) is 2.72. The summed E-state index contributed by atoms with van der Waals surface area (Å²) in [6.07, 6.45) is 8.00. The number of nitrogens with two attached hydrogens (primary N) is 2. The van der Waals surface area contributed by atoms with Crippen molar-refractivity contribution in [3.63, 3.8) is 0 Å². The molecule has 4 heteroatoms. The number of nitrogen functional groups attached to an aromatic ring is 1. The van der Waals surface area contributed by atoms with Gasteiger partial charge in [-0.15, -0.1) is 0 Å². The zero-order valence-corrected chi connectivity index (χ0v) is 10.7. The van der Waals surface area contributed by atoms with Gasteiger partial charge in [-0.2, -0.15) is 0 Å². The Balaban J connectivity index is 1.92. The molecule has 0 aliphatic heterocycles. The second-order valence-electron chi connectivity index (χ2n) is 5.40. The number of pyridine rings is 1. The first kappa shape index (κ1) is 13.0. The Bertz CT molecular complexity index is 425. The second-order valence-corrected chi connectivity index (χ2v) is 5.40. The molecule has 98 valence electrons. The maximum Gasteiger partial charge on any atom is 0.139 e. The molecular weight excluding hydrogens is 226 g/mol. The van der Waals surface area contributed by atoms with Crippen molar-refractivity contribution < 1.29 is 4.79 Å². The van der Waals surface area contributed by atoms with E-state index in [4.69, 9.17) is 11.5 Å². The molecule has 0 amide bonds. The number of anilines is 1. The molecule has 0 unspecified atom stereocenters. The number of hydrogen-bond acceptors (Lipinski definition) is 4. The lowest BCUT2D eigenvalue weighted by molar-refractivity contribution is -0.119. The van der Waals surface area contributed by atoms with E-state index in [1.54, 1.807) is 12.3 Å². The molecule has 4 nitrogen and oxygen atoms in total. The molecule has 1 aromatic heterocycles. The van der Waals surface area contributed by atoms with Gasteiger partial charge in [-0.05, 0) is 30.5 Å². The Labute approximate surface area is 108 Å². The Morgan fingerprint density at radius 1 is 1.33 bits per heavy atom. The Kier molecular flexibility index (Phi) is 3.97. The molecule has 1 aromatic rings. The summed E-state index contributed by atoms with van der Waals surface area (Å²) in [5.74, 6) is 0.658. The van der Waals surface area contributed by atoms with Gasteiger partial charge in [0.25, 0.3) is 0 Å². The quantitative estimate of drug-likeness (QED) is 0.850. The first-order valence-corrected chi connectivity index (χ1v) is 6.58. The molecule has 1 fully saturated rings. The highest BCUT2D eigenvalue weighted by atomic mass is 16.1. The first-order chi connectivity index (χ1) is 8.57. The number of nitrogens with zero attached hydrogens (tertiary/aromatic N) is 1. The van der Waals surface area contributed by atoms with E-state index in [2.05, 4.69) is 4.98 Å². The minimum atomic E-state index is -0.270. The molecule has 1 saturated carbocycles. The van der Waals surface area contributed by atoms with E-state index in [1.807, 2.05) is 6.07 Å². The Hall–Kier alpha value is -1.42. The molecule has 0 radical (unpaired) electrons. The van der Waals surface area contributed by atoms with Crippen LogP contribution >= 0.6 is 0 Å². The van der Waals surface area contributed by atoms with E-state index < -0.39 is 0 Å². The molecule has 0 bridgehead atoms. The number of rotatable bonds is 4. The smallest absolute Gasteiger partial charge is 0.139 e. The Morgan fingerprint density at radius 2 is 2.06 bits per heavy atom. The van der Waals surface area contributed by atoms with Crippen LogP contribution in [0.25, 0.3) is 0 Å². The van der Waals surface area contributed by atoms with E-state index in [0.717, 1.165) is 31.2 Å². The second kappa shape index (κ2) is 5.48. The summed E-state index contributed by atoms with van der Waals surface area (Å²) in [6.45, 7) is 0. The fraction of sp³-hybridized carbons (Fsp3) is 0.571. The fourth-order valence-electron chi connectivity index (χ4n) is 2.72. The zero-order chi connectivity index (χ0) is 13.0. The van der Waals surface area contributed by atoms with E-state index in [1.165, 1.54) is 6.42 Å². The molecule has 4 N–H and O–H groups in total. The van der Waals surface area contributed by atoms with Gasteiger partial charge in [0.2, 0.25) is 0 Å². The minimum Gasteiger partial charge on any atom is -0.384 e. The molecule has 1 aliphatic rings. The number of hydrogen-bond donors (Lipinski definition) is 2. The van der Waals surface area contributed by atoms with Crippen LogP contribution in [-0.4, -0.2) is 16.3 Å². The number of carbonyl (C=O) groups excluding carboxylic acids is 1. The van der Waals surface area contributed by atoms with Gasteiger partial charge in [0.1, 0.15) is 11.6 Å². The molecule has 0 spiro atoms. The molecule has 0 atom stereocenters. The first-order valence-electron chi connectivity index (χ1n) is 6.58. The lowest BCUT2D eigenvalue weighted by Gasteiger charge is -2.32. The third kappa shape index (κ3) is 3.53. The van der Waals surface area contributed by atoms with Gasteiger partial charge in [0.05, 0.1) is 0 Å². The van der Waals surface area contributed by atoms with Crippen LogP contribution < -0.4 is 11.5 Å². The lowest BCUT2D eigenvalue weighted by atomic mass is 9.78. The van der Waals surface area contributed by atoms with Crippen LogP contribution in [0.3, 0.4) is 0 Å². The lowest BCUT2D eigenvalue weighted by Crippen LogP contribution is -2.43. The molecule has 0 aromatic carbocycles. The van der Waals surface area contributed by atoms with Crippen LogP contribution in [0.15, 0.2) is 18.3 Å². The maximum atomic E-state index is 12.1. The Morgan fingerprint density at radius 3 is 2.72 bits per heavy atom. The summed E-state index contributed by atoms with van der Waals surface area (Å²) >= 11 is 0. The molecule has 18 heavy (non-hydrogen) atoms. The predicted octanol–water partition coefficient (Wildman–Crippen LogP) is 1.83. The normalized spacial score (nSPS) is 18.5. The van der Waals surface area contributed by atoms with Gasteiger partial charge < -0.3 is 11.5 Å². The average Bonchev–Trinajstić information content (AvgIpc) is 2.28. The van der Waals surface area contributed by atoms with Crippen molar-refractivity contribution in [1.29, 1.82) is 0 Å². The highest BCUT2D eigenvalue weighted by Gasteiger charge is 2.29. The summed E-state index contributed by atoms with van der Waals surface area (Å²) in [5.41, 5.74) is 12.5. The summed E-state index contributed by atoms with van der Waals surface area (Å²) < 4.78 is 0. The van der Waals surface area contributed by atoms with E-state index in [0.29, 0.717) is 18.7 Å². The van der Waals surface area contributed by atoms with Crippen molar-refractivity contribution in [3.05, 3.63) is 23.9 Å². The molecule has 1 heterocycles. The van der Waals surface area contributed by atoms with Crippen molar-refractivity contribution in [1.82, 2.24) is 4.98 Å². The largest absolute Gasteiger partial charge is 0.384 e. The van der Waals surface area contributed by atoms with Gasteiger partial charge in [-0.3, -0.25) is 4.79 Å². The van der Waals surface area contributed by atoms with Gasteiger partial charge in [0, 0.05) is 24.6 Å². The van der Waals surface area contributed by atoms with Gasteiger partial charge in [-0.1, -0.05) is 19.3 Å². The van der Waals surface area contributed by atoms with Crippen molar-refractivity contribution in [2.24, 2.45) is 5.73 Å². The SMILES string of the molecule is Nc1cc(CC(=O)CC2(N)CCCCC2)ccn1. The van der Waals surface area contributed by atoms with Crippen LogP contribution in [-0.2, 0) is 11.2 Å².